The summed E-state index contributed by atoms with van der Waals surface area (Å²) in [6, 6.07) is 1.54. The molecule has 28 heavy (non-hydrogen) atoms. The van der Waals surface area contributed by atoms with Crippen molar-refractivity contribution in [1.29, 1.82) is 0 Å². The van der Waals surface area contributed by atoms with E-state index in [0.29, 0.717) is 18.2 Å². The SMILES string of the molecule is Nc1ccc(OC(F)(F)C(F)(F)C(F)(F)C(F)(F)C(F)(F)C(F)(F)F)c(N)c1. The molecule has 0 bridgehead atoms. The maximum absolute atomic E-state index is 13.5. The molecule has 0 heterocycles. The second-order valence-corrected chi connectivity index (χ2v) is 5.21. The van der Waals surface area contributed by atoms with Crippen molar-refractivity contribution >= 4 is 11.4 Å². The minimum Gasteiger partial charge on any atom is -0.426 e. The van der Waals surface area contributed by atoms with Crippen LogP contribution in [0.4, 0.5) is 68.5 Å². The molecule has 0 saturated carbocycles. The summed E-state index contributed by atoms with van der Waals surface area (Å²) in [6.07, 6.45) is -14.2. The molecule has 0 spiro atoms. The Morgan fingerprint density at radius 3 is 1.43 bits per heavy atom. The van der Waals surface area contributed by atoms with Gasteiger partial charge in [-0.05, 0) is 18.2 Å². The minimum absolute atomic E-state index is 0.276. The molecule has 0 aliphatic heterocycles. The van der Waals surface area contributed by atoms with Crippen LogP contribution in [0.2, 0.25) is 0 Å². The van der Waals surface area contributed by atoms with E-state index in [1.165, 1.54) is 0 Å². The summed E-state index contributed by atoms with van der Waals surface area (Å²) in [5.74, 6) is -32.8. The van der Waals surface area contributed by atoms with Gasteiger partial charge in [0.25, 0.3) is 0 Å². The van der Waals surface area contributed by atoms with Crippen LogP contribution in [-0.4, -0.2) is 36.0 Å². The summed E-state index contributed by atoms with van der Waals surface area (Å²) in [5.41, 5.74) is 8.85. The highest BCUT2D eigenvalue weighted by Gasteiger charge is 2.91. The average Bonchev–Trinajstić information content (AvgIpc) is 2.48. The molecule has 1 rings (SSSR count). The Bertz CT molecular complexity index is 729. The van der Waals surface area contributed by atoms with Gasteiger partial charge in [-0.2, -0.15) is 57.1 Å². The van der Waals surface area contributed by atoms with Crippen molar-refractivity contribution in [2.45, 2.75) is 36.0 Å². The number of hydrogen-bond donors (Lipinski definition) is 2. The second-order valence-electron chi connectivity index (χ2n) is 5.21. The molecule has 3 nitrogen and oxygen atoms in total. The van der Waals surface area contributed by atoms with Gasteiger partial charge in [0.2, 0.25) is 0 Å². The third-order valence-corrected chi connectivity index (χ3v) is 3.18. The second kappa shape index (κ2) is 6.37. The van der Waals surface area contributed by atoms with Gasteiger partial charge in [-0.25, -0.2) is 0 Å². The Balaban J connectivity index is 3.44. The first-order valence-electron chi connectivity index (χ1n) is 6.43. The van der Waals surface area contributed by atoms with Crippen molar-refractivity contribution in [2.75, 3.05) is 11.5 Å². The number of anilines is 2. The van der Waals surface area contributed by atoms with Crippen LogP contribution in [0.1, 0.15) is 0 Å². The van der Waals surface area contributed by atoms with E-state index in [0.717, 1.165) is 0 Å². The molecule has 0 unspecified atom stereocenters. The highest BCUT2D eigenvalue weighted by atomic mass is 19.4. The van der Waals surface area contributed by atoms with E-state index in [2.05, 4.69) is 4.74 Å². The molecule has 162 valence electrons. The Morgan fingerprint density at radius 1 is 0.607 bits per heavy atom. The quantitative estimate of drug-likeness (QED) is 0.486. The number of nitrogens with two attached hydrogens (primary N) is 2. The number of ether oxygens (including phenoxy) is 1. The molecule has 0 atom stereocenters. The summed E-state index contributed by atoms with van der Waals surface area (Å²) >= 11 is 0. The molecule has 0 aliphatic rings. The molecule has 4 N–H and O–H groups in total. The molecule has 0 saturated heterocycles. The van der Waals surface area contributed by atoms with Crippen LogP contribution < -0.4 is 16.2 Å². The molecule has 0 aromatic heterocycles. The molecule has 0 fully saturated rings. The lowest BCUT2D eigenvalue weighted by Crippen LogP contribution is -2.70. The Hall–Kier alpha value is -2.29. The number of rotatable bonds is 6. The van der Waals surface area contributed by atoms with Crippen molar-refractivity contribution in [1.82, 2.24) is 0 Å². The van der Waals surface area contributed by atoms with Crippen LogP contribution in [0.15, 0.2) is 18.2 Å². The maximum atomic E-state index is 13.5. The fourth-order valence-corrected chi connectivity index (χ4v) is 1.62. The van der Waals surface area contributed by atoms with Gasteiger partial charge in [-0.3, -0.25) is 0 Å². The Labute approximate surface area is 146 Å². The summed E-state index contributed by atoms with van der Waals surface area (Å²) in [6.45, 7) is 0. The van der Waals surface area contributed by atoms with E-state index >= 15 is 0 Å². The van der Waals surface area contributed by atoms with Crippen LogP contribution in [0.25, 0.3) is 0 Å². The van der Waals surface area contributed by atoms with Crippen molar-refractivity contribution in [3.8, 4) is 5.75 Å². The molecule has 1 aromatic carbocycles. The fraction of sp³-hybridized carbons (Fsp3) is 0.500. The smallest absolute Gasteiger partial charge is 0.426 e. The predicted molar refractivity (Wildman–Crippen MR) is 66.7 cm³/mol. The summed E-state index contributed by atoms with van der Waals surface area (Å²) in [7, 11) is 0. The number of nitrogen functional groups attached to an aromatic ring is 2. The largest absolute Gasteiger partial charge is 0.471 e. The lowest BCUT2D eigenvalue weighted by molar-refractivity contribution is -0.456. The zero-order valence-electron chi connectivity index (χ0n) is 12.7. The van der Waals surface area contributed by atoms with Gasteiger partial charge in [0.15, 0.2) is 0 Å². The molecular weight excluding hydrogens is 435 g/mol. The monoisotopic (exact) mass is 442 g/mol. The number of alkyl halides is 13. The highest BCUT2D eigenvalue weighted by Crippen LogP contribution is 2.60. The van der Waals surface area contributed by atoms with Crippen LogP contribution in [-0.2, 0) is 0 Å². The average molecular weight is 442 g/mol. The van der Waals surface area contributed by atoms with Crippen LogP contribution >= 0.6 is 0 Å². The standard InChI is InChI=1S/C12H7F13N2O/c13-7(14,9(17,18)11(21,22)23)8(15,16)10(19,20)12(24,25)28-6-2-1-4(26)3-5(6)27/h1-3H,26-27H2. The van der Waals surface area contributed by atoms with Crippen LogP contribution in [0.3, 0.4) is 0 Å². The Kier molecular flexibility index (Phi) is 5.40. The van der Waals surface area contributed by atoms with E-state index in [4.69, 9.17) is 11.5 Å². The first-order valence-corrected chi connectivity index (χ1v) is 6.43. The van der Waals surface area contributed by atoms with Gasteiger partial charge in [0.05, 0.1) is 5.69 Å². The maximum Gasteiger partial charge on any atom is 0.471 e. The zero-order valence-corrected chi connectivity index (χ0v) is 12.7. The van der Waals surface area contributed by atoms with Gasteiger partial charge >= 0.3 is 36.0 Å². The molecule has 0 radical (unpaired) electrons. The van der Waals surface area contributed by atoms with E-state index in [9.17, 15) is 57.1 Å². The van der Waals surface area contributed by atoms with Gasteiger partial charge in [-0.1, -0.05) is 0 Å². The third-order valence-electron chi connectivity index (χ3n) is 3.18. The summed E-state index contributed by atoms with van der Waals surface area (Å²) in [5, 5.41) is 0. The summed E-state index contributed by atoms with van der Waals surface area (Å²) in [4.78, 5) is 0. The number of benzene rings is 1. The van der Waals surface area contributed by atoms with Crippen molar-refractivity contribution in [3.05, 3.63) is 18.2 Å². The lowest BCUT2D eigenvalue weighted by atomic mass is 9.97. The lowest BCUT2D eigenvalue weighted by Gasteiger charge is -2.39. The topological polar surface area (TPSA) is 61.3 Å². The van der Waals surface area contributed by atoms with Gasteiger partial charge < -0.3 is 16.2 Å². The van der Waals surface area contributed by atoms with Crippen LogP contribution in [0, 0.1) is 0 Å². The minimum atomic E-state index is -8.00. The number of halogens is 13. The highest BCUT2D eigenvalue weighted by molar-refractivity contribution is 5.60. The van der Waals surface area contributed by atoms with Crippen molar-refractivity contribution in [3.63, 3.8) is 0 Å². The van der Waals surface area contributed by atoms with Crippen molar-refractivity contribution in [2.24, 2.45) is 0 Å². The molecule has 1 aromatic rings. The zero-order chi connectivity index (χ0) is 22.6. The molecular formula is C12H7F13N2O. The normalized spacial score (nSPS) is 14.9. The molecule has 16 heteroatoms. The van der Waals surface area contributed by atoms with E-state index < -0.39 is 47.4 Å². The van der Waals surface area contributed by atoms with E-state index in [1.54, 1.807) is 0 Å². The fourth-order valence-electron chi connectivity index (χ4n) is 1.62. The first-order chi connectivity index (χ1) is 12.1. The predicted octanol–water partition coefficient (Wildman–Crippen LogP) is 4.93. The van der Waals surface area contributed by atoms with Crippen LogP contribution in [0.5, 0.6) is 5.75 Å². The molecule has 0 aliphatic carbocycles. The first kappa shape index (κ1) is 23.7. The van der Waals surface area contributed by atoms with Gasteiger partial charge in [0.1, 0.15) is 5.75 Å². The third kappa shape index (κ3) is 3.32. The van der Waals surface area contributed by atoms with Crippen molar-refractivity contribution < 1.29 is 61.8 Å². The Morgan fingerprint density at radius 2 is 1.04 bits per heavy atom. The van der Waals surface area contributed by atoms with Gasteiger partial charge in [-0.15, -0.1) is 0 Å². The molecule has 0 amide bonds. The van der Waals surface area contributed by atoms with E-state index in [1.807, 2.05) is 0 Å². The van der Waals surface area contributed by atoms with Gasteiger partial charge in [0, 0.05) is 5.69 Å². The summed E-state index contributed by atoms with van der Waals surface area (Å²) < 4.78 is 171. The number of hydrogen-bond acceptors (Lipinski definition) is 3. The van der Waals surface area contributed by atoms with E-state index in [-0.39, 0.29) is 5.69 Å².